The van der Waals surface area contributed by atoms with E-state index in [0.717, 1.165) is 0 Å². The number of nitrogens with two attached hydrogens (primary N) is 1. The van der Waals surface area contributed by atoms with Crippen molar-refractivity contribution in [2.24, 2.45) is 0 Å². The molecule has 0 aliphatic rings. The molecule has 0 bridgehead atoms. The van der Waals surface area contributed by atoms with Crippen LogP contribution in [0.1, 0.15) is 10.4 Å². The molecule has 1 amide bonds. The van der Waals surface area contributed by atoms with Gasteiger partial charge in [-0.05, 0) is 30.3 Å². The molecule has 0 atom stereocenters. The average molecular weight is 357 g/mol. The highest BCUT2D eigenvalue weighted by atomic mass is 79.9. The molecule has 7 heteroatoms. The summed E-state index contributed by atoms with van der Waals surface area (Å²) in [5.74, 6) is -0.586. The van der Waals surface area contributed by atoms with Crippen LogP contribution >= 0.6 is 15.9 Å². The van der Waals surface area contributed by atoms with Crippen molar-refractivity contribution in [3.63, 3.8) is 0 Å². The van der Waals surface area contributed by atoms with Gasteiger partial charge in [-0.15, -0.1) is 0 Å². The number of carbonyl (C=O) groups is 1. The van der Waals surface area contributed by atoms with Gasteiger partial charge in [-0.1, -0.05) is 28.1 Å². The highest BCUT2D eigenvalue weighted by molar-refractivity contribution is 9.10. The third kappa shape index (κ3) is 4.16. The van der Waals surface area contributed by atoms with Crippen molar-refractivity contribution >= 4 is 33.2 Å². The number of carbonyl (C=O) groups excluding carboxylic acids is 1. The molecule has 0 spiro atoms. The van der Waals surface area contributed by atoms with Crippen molar-refractivity contribution in [1.29, 1.82) is 0 Å². The third-order valence-corrected chi connectivity index (χ3v) is 2.99. The molecule has 2 rings (SSSR count). The van der Waals surface area contributed by atoms with Gasteiger partial charge < -0.3 is 15.8 Å². The number of hydrogen-bond donors (Lipinski definition) is 2. The van der Waals surface area contributed by atoms with E-state index in [0.29, 0.717) is 15.7 Å². The zero-order valence-electron chi connectivity index (χ0n) is 10.6. The summed E-state index contributed by atoms with van der Waals surface area (Å²) >= 11 is 3.23. The maximum Gasteiger partial charge on any atom is 0.387 e. The second-order valence-electron chi connectivity index (χ2n) is 4.10. The molecule has 0 saturated heterocycles. The third-order valence-electron chi connectivity index (χ3n) is 2.53. The van der Waals surface area contributed by atoms with Crippen LogP contribution in [0.15, 0.2) is 46.9 Å². The largest absolute Gasteiger partial charge is 0.433 e. The number of halogens is 3. The Morgan fingerprint density at radius 1 is 1.24 bits per heavy atom. The van der Waals surface area contributed by atoms with Crippen molar-refractivity contribution in [2.75, 3.05) is 11.1 Å². The van der Waals surface area contributed by atoms with Crippen molar-refractivity contribution in [1.82, 2.24) is 0 Å². The predicted octanol–water partition coefficient (Wildman–Crippen LogP) is 3.89. The lowest BCUT2D eigenvalue weighted by molar-refractivity contribution is -0.0493. The number of para-hydroxylation sites is 2. The van der Waals surface area contributed by atoms with E-state index < -0.39 is 12.5 Å². The van der Waals surface area contributed by atoms with Crippen LogP contribution in [0.5, 0.6) is 5.75 Å². The SMILES string of the molecule is Nc1cc(Br)cc(C(=O)Nc2ccccc2OC(F)F)c1. The monoisotopic (exact) mass is 356 g/mol. The molecule has 2 aromatic rings. The molecule has 0 aromatic heterocycles. The predicted molar refractivity (Wildman–Crippen MR) is 79.6 cm³/mol. The summed E-state index contributed by atoms with van der Waals surface area (Å²) < 4.78 is 29.6. The minimum Gasteiger partial charge on any atom is -0.433 e. The molecule has 0 saturated carbocycles. The van der Waals surface area contributed by atoms with E-state index in [1.165, 1.54) is 24.3 Å². The summed E-state index contributed by atoms with van der Waals surface area (Å²) in [4.78, 5) is 12.1. The number of rotatable bonds is 4. The fourth-order valence-electron chi connectivity index (χ4n) is 1.71. The quantitative estimate of drug-likeness (QED) is 0.817. The van der Waals surface area contributed by atoms with Gasteiger partial charge in [0.1, 0.15) is 5.75 Å². The highest BCUT2D eigenvalue weighted by Gasteiger charge is 2.13. The van der Waals surface area contributed by atoms with Crippen LogP contribution in [0.25, 0.3) is 0 Å². The van der Waals surface area contributed by atoms with E-state index in [4.69, 9.17) is 5.73 Å². The van der Waals surface area contributed by atoms with Gasteiger partial charge in [0.15, 0.2) is 0 Å². The second-order valence-corrected chi connectivity index (χ2v) is 5.02. The summed E-state index contributed by atoms with van der Waals surface area (Å²) in [6.45, 7) is -2.97. The number of nitrogen functional groups attached to an aromatic ring is 1. The Balaban J connectivity index is 2.23. The zero-order chi connectivity index (χ0) is 15.4. The first-order valence-corrected chi connectivity index (χ1v) is 6.66. The van der Waals surface area contributed by atoms with Gasteiger partial charge in [-0.25, -0.2) is 0 Å². The van der Waals surface area contributed by atoms with Crippen molar-refractivity contribution in [3.8, 4) is 5.75 Å². The lowest BCUT2D eigenvalue weighted by Gasteiger charge is -2.12. The summed E-state index contributed by atoms with van der Waals surface area (Å²) in [5.41, 5.74) is 6.52. The fraction of sp³-hybridized carbons (Fsp3) is 0.0714. The Morgan fingerprint density at radius 3 is 2.62 bits per heavy atom. The zero-order valence-corrected chi connectivity index (χ0v) is 12.2. The second kappa shape index (κ2) is 6.53. The highest BCUT2D eigenvalue weighted by Crippen LogP contribution is 2.26. The van der Waals surface area contributed by atoms with Gasteiger partial charge in [-0.2, -0.15) is 8.78 Å². The maximum atomic E-state index is 12.3. The number of anilines is 2. The Bertz CT molecular complexity index is 645. The van der Waals surface area contributed by atoms with Gasteiger partial charge in [0.2, 0.25) is 0 Å². The van der Waals surface area contributed by atoms with E-state index >= 15 is 0 Å². The first-order chi connectivity index (χ1) is 9.95. The minimum atomic E-state index is -2.97. The van der Waals surface area contributed by atoms with Gasteiger partial charge in [0, 0.05) is 15.7 Å². The van der Waals surface area contributed by atoms with E-state index in [1.54, 1.807) is 18.2 Å². The van der Waals surface area contributed by atoms with E-state index in [9.17, 15) is 13.6 Å². The van der Waals surface area contributed by atoms with Crippen LogP contribution in [0.2, 0.25) is 0 Å². The molecule has 110 valence electrons. The number of ether oxygens (including phenoxy) is 1. The normalized spacial score (nSPS) is 10.5. The molecule has 21 heavy (non-hydrogen) atoms. The molecular weight excluding hydrogens is 346 g/mol. The molecule has 0 heterocycles. The maximum absolute atomic E-state index is 12.3. The molecule has 0 radical (unpaired) electrons. The summed E-state index contributed by atoms with van der Waals surface area (Å²) in [7, 11) is 0. The van der Waals surface area contributed by atoms with Crippen LogP contribution in [-0.4, -0.2) is 12.5 Å². The van der Waals surface area contributed by atoms with E-state index in [-0.39, 0.29) is 11.4 Å². The first kappa shape index (κ1) is 15.2. The molecule has 0 unspecified atom stereocenters. The van der Waals surface area contributed by atoms with Crippen LogP contribution < -0.4 is 15.8 Å². The van der Waals surface area contributed by atoms with Crippen LogP contribution in [0, 0.1) is 0 Å². The topological polar surface area (TPSA) is 64.4 Å². The Labute approximate surface area is 128 Å². The minimum absolute atomic E-state index is 0.108. The molecular formula is C14H11BrF2N2O2. The van der Waals surface area contributed by atoms with E-state index in [2.05, 4.69) is 26.0 Å². The molecule has 0 aliphatic heterocycles. The van der Waals surface area contributed by atoms with Crippen LogP contribution in [0.3, 0.4) is 0 Å². The van der Waals surface area contributed by atoms with Crippen LogP contribution in [0.4, 0.5) is 20.2 Å². The number of benzene rings is 2. The average Bonchev–Trinajstić information content (AvgIpc) is 2.39. The van der Waals surface area contributed by atoms with Gasteiger partial charge >= 0.3 is 6.61 Å². The fourth-order valence-corrected chi connectivity index (χ4v) is 2.22. The Kier molecular flexibility index (Phi) is 4.74. The molecule has 0 fully saturated rings. The summed E-state index contributed by atoms with van der Waals surface area (Å²) in [5, 5.41) is 2.51. The summed E-state index contributed by atoms with van der Waals surface area (Å²) in [6.07, 6.45) is 0. The molecule has 2 aromatic carbocycles. The summed E-state index contributed by atoms with van der Waals surface area (Å²) in [6, 6.07) is 10.6. The van der Waals surface area contributed by atoms with Crippen molar-refractivity contribution in [2.45, 2.75) is 6.61 Å². The standard InChI is InChI=1S/C14H11BrF2N2O2/c15-9-5-8(6-10(18)7-9)13(20)19-11-3-1-2-4-12(11)21-14(16)17/h1-7,14H,18H2,(H,19,20). The lowest BCUT2D eigenvalue weighted by atomic mass is 10.2. The number of nitrogens with one attached hydrogen (secondary N) is 1. The number of alkyl halides is 2. The smallest absolute Gasteiger partial charge is 0.387 e. The first-order valence-electron chi connectivity index (χ1n) is 5.87. The van der Waals surface area contributed by atoms with Crippen molar-refractivity contribution < 1.29 is 18.3 Å². The molecule has 0 aliphatic carbocycles. The van der Waals surface area contributed by atoms with Crippen molar-refractivity contribution in [3.05, 3.63) is 52.5 Å². The lowest BCUT2D eigenvalue weighted by Crippen LogP contribution is -2.14. The van der Waals surface area contributed by atoms with Gasteiger partial charge in [-0.3, -0.25) is 4.79 Å². The van der Waals surface area contributed by atoms with E-state index in [1.807, 2.05) is 0 Å². The molecule has 3 N–H and O–H groups in total. The van der Waals surface area contributed by atoms with Crippen LogP contribution in [-0.2, 0) is 0 Å². The molecule has 4 nitrogen and oxygen atoms in total. The Hall–Kier alpha value is -2.15. The van der Waals surface area contributed by atoms with Gasteiger partial charge in [0.05, 0.1) is 5.69 Å². The Morgan fingerprint density at radius 2 is 1.95 bits per heavy atom. The number of hydrogen-bond acceptors (Lipinski definition) is 3. The number of amides is 1. The van der Waals surface area contributed by atoms with Gasteiger partial charge in [0.25, 0.3) is 5.91 Å².